The van der Waals surface area contributed by atoms with Crippen molar-refractivity contribution in [2.45, 2.75) is 50.7 Å². The molecule has 1 aromatic carbocycles. The molecule has 3 saturated heterocycles. The summed E-state index contributed by atoms with van der Waals surface area (Å²) >= 11 is 0. The van der Waals surface area contributed by atoms with Crippen molar-refractivity contribution in [3.05, 3.63) is 29.3 Å². The molecule has 0 aliphatic carbocycles. The number of rotatable bonds is 3. The first-order valence-electron chi connectivity index (χ1n) is 10.4. The Kier molecular flexibility index (Phi) is 4.34. The van der Waals surface area contributed by atoms with E-state index in [0.717, 1.165) is 24.3 Å². The smallest absolute Gasteiger partial charge is 0.255 e. The number of hydrogen-bond donors (Lipinski definition) is 1. The molecule has 0 spiro atoms. The van der Waals surface area contributed by atoms with Gasteiger partial charge in [0, 0.05) is 48.9 Å². The number of piperidine rings is 2. The zero-order valence-corrected chi connectivity index (χ0v) is 16.0. The first-order valence-corrected chi connectivity index (χ1v) is 10.4. The summed E-state index contributed by atoms with van der Waals surface area (Å²) in [7, 11) is 0. The Morgan fingerprint density at radius 2 is 1.79 bits per heavy atom. The van der Waals surface area contributed by atoms with Gasteiger partial charge in [-0.15, -0.1) is 0 Å². The Morgan fingerprint density at radius 3 is 2.54 bits per heavy atom. The van der Waals surface area contributed by atoms with E-state index < -0.39 is 6.04 Å². The monoisotopic (exact) mass is 382 g/mol. The van der Waals surface area contributed by atoms with Crippen LogP contribution in [0.5, 0.6) is 0 Å². The van der Waals surface area contributed by atoms with Crippen LogP contribution in [0.15, 0.2) is 18.2 Å². The van der Waals surface area contributed by atoms with Crippen LogP contribution in [-0.2, 0) is 16.1 Å². The van der Waals surface area contributed by atoms with Crippen LogP contribution in [0.2, 0.25) is 0 Å². The highest BCUT2D eigenvalue weighted by atomic mass is 16.2. The van der Waals surface area contributed by atoms with E-state index >= 15 is 0 Å². The Balaban J connectivity index is 1.32. The number of carbonyl (C=O) groups is 3. The molecule has 28 heavy (non-hydrogen) atoms. The highest BCUT2D eigenvalue weighted by Crippen LogP contribution is 2.36. The number of benzene rings is 1. The lowest BCUT2D eigenvalue weighted by Crippen LogP contribution is -2.60. The van der Waals surface area contributed by atoms with Gasteiger partial charge in [-0.3, -0.25) is 24.6 Å². The van der Waals surface area contributed by atoms with Crippen molar-refractivity contribution in [3.63, 3.8) is 0 Å². The summed E-state index contributed by atoms with van der Waals surface area (Å²) in [5, 5.41) is 2.37. The average molecular weight is 382 g/mol. The lowest BCUT2D eigenvalue weighted by atomic mass is 9.99. The molecule has 0 radical (unpaired) electrons. The minimum absolute atomic E-state index is 0.0977. The van der Waals surface area contributed by atoms with Gasteiger partial charge in [0.1, 0.15) is 6.04 Å². The SMILES string of the molecule is O=C1CCC(N2Cc3c(cccc3N3CC(N4CCCCC4)C3)C2=O)C(=O)N1. The van der Waals surface area contributed by atoms with Crippen LogP contribution < -0.4 is 10.2 Å². The lowest BCUT2D eigenvalue weighted by Gasteiger charge is -2.48. The fraction of sp³-hybridized carbons (Fsp3) is 0.571. The van der Waals surface area contributed by atoms with Gasteiger partial charge in [0.15, 0.2) is 0 Å². The highest BCUT2D eigenvalue weighted by molar-refractivity contribution is 6.06. The van der Waals surface area contributed by atoms with Crippen LogP contribution >= 0.6 is 0 Å². The molecular weight excluding hydrogens is 356 g/mol. The standard InChI is InChI=1S/C21H26N4O3/c26-19-8-7-18(20(27)22-19)25-13-16-15(21(25)28)5-4-6-17(16)24-11-14(12-24)23-9-2-1-3-10-23/h4-6,14,18H,1-3,7-13H2,(H,22,26,27). The number of amides is 3. The molecule has 5 rings (SSSR count). The van der Waals surface area contributed by atoms with Gasteiger partial charge in [-0.2, -0.15) is 0 Å². The van der Waals surface area contributed by atoms with Crippen molar-refractivity contribution in [2.75, 3.05) is 31.1 Å². The van der Waals surface area contributed by atoms with Crippen molar-refractivity contribution in [3.8, 4) is 0 Å². The van der Waals surface area contributed by atoms with Crippen LogP contribution in [0, 0.1) is 0 Å². The van der Waals surface area contributed by atoms with Gasteiger partial charge in [-0.25, -0.2) is 0 Å². The molecule has 1 atom stereocenters. The van der Waals surface area contributed by atoms with E-state index in [1.807, 2.05) is 12.1 Å². The predicted molar refractivity (Wildman–Crippen MR) is 104 cm³/mol. The van der Waals surface area contributed by atoms with Gasteiger partial charge in [0.05, 0.1) is 0 Å². The van der Waals surface area contributed by atoms with Crippen LogP contribution in [0.1, 0.15) is 48.0 Å². The summed E-state index contributed by atoms with van der Waals surface area (Å²) in [5.41, 5.74) is 2.84. The average Bonchev–Trinajstić information content (AvgIpc) is 2.99. The van der Waals surface area contributed by atoms with Crippen LogP contribution in [-0.4, -0.2) is 65.8 Å². The molecule has 4 heterocycles. The Morgan fingerprint density at radius 1 is 1.00 bits per heavy atom. The maximum absolute atomic E-state index is 13.0. The fourth-order valence-electron chi connectivity index (χ4n) is 5.03. The predicted octanol–water partition coefficient (Wildman–Crippen LogP) is 1.12. The molecule has 148 valence electrons. The maximum Gasteiger partial charge on any atom is 0.255 e. The number of imide groups is 1. The minimum Gasteiger partial charge on any atom is -0.368 e. The van der Waals surface area contributed by atoms with Crippen molar-refractivity contribution >= 4 is 23.4 Å². The molecule has 3 fully saturated rings. The molecule has 3 amide bonds. The normalized spacial score (nSPS) is 26.3. The van der Waals surface area contributed by atoms with E-state index in [1.165, 1.54) is 32.4 Å². The summed E-state index contributed by atoms with van der Waals surface area (Å²) in [6.07, 6.45) is 4.63. The number of anilines is 1. The van der Waals surface area contributed by atoms with Crippen molar-refractivity contribution in [2.24, 2.45) is 0 Å². The second-order valence-electron chi connectivity index (χ2n) is 8.36. The van der Waals surface area contributed by atoms with E-state index in [1.54, 1.807) is 4.90 Å². The first kappa shape index (κ1) is 17.7. The zero-order chi connectivity index (χ0) is 19.3. The third-order valence-electron chi connectivity index (χ3n) is 6.67. The molecule has 7 nitrogen and oxygen atoms in total. The second-order valence-corrected chi connectivity index (χ2v) is 8.36. The minimum atomic E-state index is -0.553. The van der Waals surface area contributed by atoms with Crippen LogP contribution in [0.3, 0.4) is 0 Å². The molecular formula is C21H26N4O3. The molecule has 1 N–H and O–H groups in total. The lowest BCUT2D eigenvalue weighted by molar-refractivity contribution is -0.136. The molecule has 7 heteroatoms. The second kappa shape index (κ2) is 6.88. The van der Waals surface area contributed by atoms with E-state index in [2.05, 4.69) is 21.2 Å². The third-order valence-corrected chi connectivity index (χ3v) is 6.67. The van der Waals surface area contributed by atoms with Crippen LogP contribution in [0.25, 0.3) is 0 Å². The molecule has 0 aromatic heterocycles. The highest BCUT2D eigenvalue weighted by Gasteiger charge is 2.41. The van der Waals surface area contributed by atoms with Gasteiger partial charge in [0.2, 0.25) is 11.8 Å². The number of likely N-dealkylation sites (tertiary alicyclic amines) is 1. The van der Waals surface area contributed by atoms with E-state index in [-0.39, 0.29) is 24.1 Å². The van der Waals surface area contributed by atoms with Gasteiger partial charge in [-0.05, 0) is 44.5 Å². The number of nitrogens with one attached hydrogen (secondary N) is 1. The summed E-state index contributed by atoms with van der Waals surface area (Å²) < 4.78 is 0. The first-order chi connectivity index (χ1) is 13.6. The van der Waals surface area contributed by atoms with Crippen LogP contribution in [0.4, 0.5) is 5.69 Å². The summed E-state index contributed by atoms with van der Waals surface area (Å²) in [6, 6.07) is 5.94. The molecule has 1 aromatic rings. The number of nitrogens with zero attached hydrogens (tertiary/aromatic N) is 3. The van der Waals surface area contributed by atoms with Crippen molar-refractivity contribution < 1.29 is 14.4 Å². The zero-order valence-electron chi connectivity index (χ0n) is 16.0. The molecule has 4 aliphatic rings. The van der Waals surface area contributed by atoms with Gasteiger partial charge >= 0.3 is 0 Å². The van der Waals surface area contributed by atoms with E-state index in [0.29, 0.717) is 24.6 Å². The number of fused-ring (bicyclic) bond motifs is 1. The Bertz CT molecular complexity index is 827. The largest absolute Gasteiger partial charge is 0.368 e. The van der Waals surface area contributed by atoms with Crippen molar-refractivity contribution in [1.82, 2.24) is 15.1 Å². The van der Waals surface area contributed by atoms with Gasteiger partial charge in [-0.1, -0.05) is 12.5 Å². The Hall–Kier alpha value is -2.41. The molecule has 4 aliphatic heterocycles. The summed E-state index contributed by atoms with van der Waals surface area (Å²) in [4.78, 5) is 43.2. The summed E-state index contributed by atoms with van der Waals surface area (Å²) in [6.45, 7) is 4.86. The van der Waals surface area contributed by atoms with E-state index in [9.17, 15) is 14.4 Å². The topological polar surface area (TPSA) is 73.0 Å². The number of hydrogen-bond acceptors (Lipinski definition) is 5. The van der Waals surface area contributed by atoms with E-state index in [4.69, 9.17) is 0 Å². The number of carbonyl (C=O) groups excluding carboxylic acids is 3. The molecule has 0 saturated carbocycles. The summed E-state index contributed by atoms with van der Waals surface area (Å²) in [5.74, 6) is -0.706. The molecule has 0 bridgehead atoms. The molecule has 1 unspecified atom stereocenters. The Labute approximate surface area is 164 Å². The van der Waals surface area contributed by atoms with Crippen molar-refractivity contribution in [1.29, 1.82) is 0 Å². The quantitative estimate of drug-likeness (QED) is 0.794. The van der Waals surface area contributed by atoms with Gasteiger partial charge < -0.3 is 9.80 Å². The fourth-order valence-corrected chi connectivity index (χ4v) is 5.03. The maximum atomic E-state index is 13.0. The van der Waals surface area contributed by atoms with Gasteiger partial charge in [0.25, 0.3) is 5.91 Å². The third kappa shape index (κ3) is 2.89.